The molecule has 130 valence electrons. The van der Waals surface area contributed by atoms with Gasteiger partial charge in [0.05, 0.1) is 15.9 Å². The van der Waals surface area contributed by atoms with Gasteiger partial charge in [-0.15, -0.1) is 0 Å². The lowest BCUT2D eigenvalue weighted by molar-refractivity contribution is 0.585. The second kappa shape index (κ2) is 6.72. The van der Waals surface area contributed by atoms with E-state index in [9.17, 15) is 8.42 Å². The summed E-state index contributed by atoms with van der Waals surface area (Å²) in [6.45, 7) is 0. The fourth-order valence-electron chi connectivity index (χ4n) is 2.98. The first kappa shape index (κ1) is 16.5. The van der Waals surface area contributed by atoms with Crippen LogP contribution < -0.4 is 0 Å². The highest BCUT2D eigenvalue weighted by molar-refractivity contribution is 7.90. The van der Waals surface area contributed by atoms with E-state index in [0.717, 1.165) is 5.56 Å². The number of hydrogen-bond donors (Lipinski definition) is 0. The molecule has 0 amide bonds. The van der Waals surface area contributed by atoms with Gasteiger partial charge in [-0.05, 0) is 48.4 Å². The fraction of sp³-hybridized carbons (Fsp3) is 0.100. The Morgan fingerprint density at radius 3 is 2.27 bits per heavy atom. The van der Waals surface area contributed by atoms with E-state index in [4.69, 9.17) is 0 Å². The Balaban J connectivity index is 1.82. The Hall–Kier alpha value is -2.99. The van der Waals surface area contributed by atoms with Crippen molar-refractivity contribution in [2.24, 2.45) is 0 Å². The first-order chi connectivity index (χ1) is 12.7. The fourth-order valence-corrected chi connectivity index (χ4v) is 4.52. The van der Waals surface area contributed by atoms with Gasteiger partial charge in [-0.3, -0.25) is 4.98 Å². The van der Waals surface area contributed by atoms with E-state index in [1.54, 1.807) is 48.8 Å². The van der Waals surface area contributed by atoms with Crippen LogP contribution in [0.5, 0.6) is 0 Å². The molecular weight excluding hydrogens is 346 g/mol. The predicted molar refractivity (Wildman–Crippen MR) is 100 cm³/mol. The Bertz CT molecular complexity index is 1140. The number of para-hydroxylation sites is 2. The molecule has 0 saturated heterocycles. The van der Waals surface area contributed by atoms with Gasteiger partial charge in [0, 0.05) is 18.8 Å². The molecule has 2 aromatic carbocycles. The van der Waals surface area contributed by atoms with Crippen molar-refractivity contribution in [1.29, 1.82) is 0 Å². The maximum Gasteiger partial charge on any atom is 0.269 e. The van der Waals surface area contributed by atoms with Gasteiger partial charge >= 0.3 is 0 Å². The molecule has 0 fully saturated rings. The quantitative estimate of drug-likeness (QED) is 0.545. The van der Waals surface area contributed by atoms with Gasteiger partial charge in [0.25, 0.3) is 10.0 Å². The molecule has 6 heteroatoms. The summed E-state index contributed by atoms with van der Waals surface area (Å²) in [5.41, 5.74) is 2.37. The van der Waals surface area contributed by atoms with Crippen LogP contribution in [0.25, 0.3) is 11.0 Å². The van der Waals surface area contributed by atoms with Gasteiger partial charge in [0.2, 0.25) is 0 Å². The molecule has 0 aliphatic carbocycles. The van der Waals surface area contributed by atoms with Crippen molar-refractivity contribution in [3.05, 3.63) is 90.5 Å². The van der Waals surface area contributed by atoms with Crippen LogP contribution in [0.15, 0.2) is 84.0 Å². The highest BCUT2D eigenvalue weighted by Gasteiger charge is 2.23. The first-order valence-electron chi connectivity index (χ1n) is 8.32. The summed E-state index contributed by atoms with van der Waals surface area (Å²) in [4.78, 5) is 8.86. The number of hydrogen-bond acceptors (Lipinski definition) is 4. The lowest BCUT2D eigenvalue weighted by Gasteiger charge is -2.10. The summed E-state index contributed by atoms with van der Waals surface area (Å²) in [5.74, 6) is 0.534. The number of benzene rings is 2. The highest BCUT2D eigenvalue weighted by Crippen LogP contribution is 2.24. The average Bonchev–Trinajstić information content (AvgIpc) is 3.07. The van der Waals surface area contributed by atoms with Crippen molar-refractivity contribution in [2.75, 3.05) is 0 Å². The van der Waals surface area contributed by atoms with Gasteiger partial charge < -0.3 is 0 Å². The zero-order valence-electron chi connectivity index (χ0n) is 14.0. The molecule has 26 heavy (non-hydrogen) atoms. The van der Waals surface area contributed by atoms with Crippen molar-refractivity contribution in [3.63, 3.8) is 0 Å². The third kappa shape index (κ3) is 2.99. The molecule has 2 heterocycles. The normalized spacial score (nSPS) is 11.7. The van der Waals surface area contributed by atoms with Crippen molar-refractivity contribution in [3.8, 4) is 0 Å². The van der Waals surface area contributed by atoms with E-state index in [1.165, 1.54) is 3.97 Å². The van der Waals surface area contributed by atoms with Gasteiger partial charge in [-0.2, -0.15) is 0 Å². The summed E-state index contributed by atoms with van der Waals surface area (Å²) >= 11 is 0. The molecule has 0 aliphatic heterocycles. The number of pyridine rings is 1. The highest BCUT2D eigenvalue weighted by atomic mass is 32.2. The second-order valence-corrected chi connectivity index (χ2v) is 7.74. The van der Waals surface area contributed by atoms with Crippen LogP contribution in [0.2, 0.25) is 0 Å². The largest absolute Gasteiger partial charge is 0.269 e. The Morgan fingerprint density at radius 1 is 0.808 bits per heavy atom. The molecule has 0 spiro atoms. The third-order valence-corrected chi connectivity index (χ3v) is 6.01. The average molecular weight is 363 g/mol. The van der Waals surface area contributed by atoms with Gasteiger partial charge in [-0.25, -0.2) is 17.4 Å². The monoisotopic (exact) mass is 363 g/mol. The molecular formula is C20H17N3O2S. The molecule has 2 aromatic heterocycles. The zero-order chi connectivity index (χ0) is 18.0. The summed E-state index contributed by atoms with van der Waals surface area (Å²) in [6.07, 6.45) is 4.68. The molecule has 0 radical (unpaired) electrons. The van der Waals surface area contributed by atoms with Gasteiger partial charge in [0.1, 0.15) is 5.82 Å². The van der Waals surface area contributed by atoms with Crippen LogP contribution in [0.1, 0.15) is 11.4 Å². The number of nitrogens with zero attached hydrogens (tertiary/aromatic N) is 3. The smallest absolute Gasteiger partial charge is 0.265 e. The van der Waals surface area contributed by atoms with Crippen molar-refractivity contribution in [1.82, 2.24) is 13.9 Å². The molecule has 5 nitrogen and oxygen atoms in total. The SMILES string of the molecule is O=S(=O)(c1ccccc1)n1c(CCc2ccncc2)nc2ccccc21. The molecule has 4 rings (SSSR count). The van der Waals surface area contributed by atoms with Crippen LogP contribution in [0, 0.1) is 0 Å². The molecule has 4 aromatic rings. The van der Waals surface area contributed by atoms with Crippen LogP contribution in [-0.4, -0.2) is 22.4 Å². The van der Waals surface area contributed by atoms with Crippen molar-refractivity contribution < 1.29 is 8.42 Å². The number of aryl methyl sites for hydroxylation is 2. The van der Waals surface area contributed by atoms with E-state index in [2.05, 4.69) is 9.97 Å². The standard InChI is InChI=1S/C20H17N3O2S/c24-26(25,17-6-2-1-3-7-17)23-19-9-5-4-8-18(19)22-20(23)11-10-16-12-14-21-15-13-16/h1-9,12-15H,10-11H2. The maximum atomic E-state index is 13.3. The lowest BCUT2D eigenvalue weighted by Crippen LogP contribution is -2.16. The van der Waals surface area contributed by atoms with E-state index in [1.807, 2.05) is 30.3 Å². The minimum absolute atomic E-state index is 0.258. The third-order valence-electron chi connectivity index (χ3n) is 4.25. The molecule has 0 saturated carbocycles. The topological polar surface area (TPSA) is 64.8 Å². The number of fused-ring (bicyclic) bond motifs is 1. The van der Waals surface area contributed by atoms with Crippen LogP contribution >= 0.6 is 0 Å². The van der Waals surface area contributed by atoms with Gasteiger partial charge in [-0.1, -0.05) is 30.3 Å². The number of rotatable bonds is 5. The van der Waals surface area contributed by atoms with E-state index in [0.29, 0.717) is 29.7 Å². The summed E-state index contributed by atoms with van der Waals surface area (Å²) in [6, 6.07) is 19.6. The number of aromatic nitrogens is 3. The molecule has 0 aliphatic rings. The Morgan fingerprint density at radius 2 is 1.50 bits per heavy atom. The van der Waals surface area contributed by atoms with Crippen LogP contribution in [0.4, 0.5) is 0 Å². The molecule has 0 N–H and O–H groups in total. The van der Waals surface area contributed by atoms with Crippen LogP contribution in [-0.2, 0) is 22.9 Å². The Labute approximate surface area is 152 Å². The van der Waals surface area contributed by atoms with Crippen molar-refractivity contribution >= 4 is 21.1 Å². The molecule has 0 atom stereocenters. The predicted octanol–water partition coefficient (Wildman–Crippen LogP) is 3.45. The van der Waals surface area contributed by atoms with Gasteiger partial charge in [0.15, 0.2) is 0 Å². The lowest BCUT2D eigenvalue weighted by atomic mass is 10.1. The van der Waals surface area contributed by atoms with Crippen LogP contribution in [0.3, 0.4) is 0 Å². The summed E-state index contributed by atoms with van der Waals surface area (Å²) in [5, 5.41) is 0. The zero-order valence-corrected chi connectivity index (χ0v) is 14.8. The second-order valence-electron chi connectivity index (χ2n) is 5.95. The Kier molecular flexibility index (Phi) is 4.26. The minimum atomic E-state index is -3.72. The van der Waals surface area contributed by atoms with E-state index < -0.39 is 10.0 Å². The van der Waals surface area contributed by atoms with E-state index >= 15 is 0 Å². The minimum Gasteiger partial charge on any atom is -0.265 e. The maximum absolute atomic E-state index is 13.3. The first-order valence-corrected chi connectivity index (χ1v) is 9.76. The summed E-state index contributed by atoms with van der Waals surface area (Å²) in [7, 11) is -3.72. The summed E-state index contributed by atoms with van der Waals surface area (Å²) < 4.78 is 27.9. The molecule has 0 unspecified atom stereocenters. The number of imidazole rings is 1. The molecule has 0 bridgehead atoms. The van der Waals surface area contributed by atoms with E-state index in [-0.39, 0.29) is 4.90 Å². The van der Waals surface area contributed by atoms with Crippen molar-refractivity contribution in [2.45, 2.75) is 17.7 Å².